The van der Waals surface area contributed by atoms with E-state index in [0.717, 1.165) is 27.3 Å². The predicted molar refractivity (Wildman–Crippen MR) is 82.0 cm³/mol. The fourth-order valence-electron chi connectivity index (χ4n) is 1.77. The Morgan fingerprint density at radius 2 is 2.21 bits per heavy atom. The second-order valence-electron chi connectivity index (χ2n) is 4.79. The zero-order valence-electron chi connectivity index (χ0n) is 11.5. The molecule has 0 radical (unpaired) electrons. The standard InChI is InChI=1S/C15H19NO2S/c1-4-18-11-5-6-13-12(7-11)15(17)14(19-13)9-16-8-10(2)3/h5-7,9-10,17H,4,8H2,1-3H3. The van der Waals surface area contributed by atoms with Gasteiger partial charge in [0.05, 0.1) is 11.5 Å². The number of aliphatic imine (C=N–C) groups is 1. The fourth-order valence-corrected chi connectivity index (χ4v) is 2.75. The van der Waals surface area contributed by atoms with Crippen LogP contribution >= 0.6 is 11.3 Å². The second kappa shape index (κ2) is 6.06. The minimum Gasteiger partial charge on any atom is -0.506 e. The third kappa shape index (κ3) is 3.26. The molecular weight excluding hydrogens is 258 g/mol. The van der Waals surface area contributed by atoms with E-state index >= 15 is 0 Å². The average Bonchev–Trinajstić information content (AvgIpc) is 2.67. The summed E-state index contributed by atoms with van der Waals surface area (Å²) in [5.41, 5.74) is 0. The van der Waals surface area contributed by atoms with Gasteiger partial charge in [0.1, 0.15) is 11.5 Å². The minimum atomic E-state index is 0.300. The van der Waals surface area contributed by atoms with Crippen molar-refractivity contribution in [3.05, 3.63) is 23.1 Å². The molecule has 0 unspecified atom stereocenters. The van der Waals surface area contributed by atoms with Crippen LogP contribution in [0.25, 0.3) is 10.1 Å². The molecule has 0 fully saturated rings. The van der Waals surface area contributed by atoms with Crippen molar-refractivity contribution in [2.24, 2.45) is 10.9 Å². The number of hydrogen-bond donors (Lipinski definition) is 1. The first-order chi connectivity index (χ1) is 9.11. The Morgan fingerprint density at radius 1 is 1.42 bits per heavy atom. The van der Waals surface area contributed by atoms with Crippen molar-refractivity contribution in [3.8, 4) is 11.5 Å². The Labute approximate surface area is 117 Å². The summed E-state index contributed by atoms with van der Waals surface area (Å²) >= 11 is 1.55. The van der Waals surface area contributed by atoms with E-state index in [-0.39, 0.29) is 0 Å². The van der Waals surface area contributed by atoms with Gasteiger partial charge in [-0.1, -0.05) is 13.8 Å². The van der Waals surface area contributed by atoms with E-state index in [0.29, 0.717) is 18.3 Å². The molecule has 0 aliphatic carbocycles. The van der Waals surface area contributed by atoms with Crippen LogP contribution in [0.5, 0.6) is 11.5 Å². The van der Waals surface area contributed by atoms with Crippen LogP contribution in [0.1, 0.15) is 25.6 Å². The zero-order chi connectivity index (χ0) is 13.8. The Kier molecular flexibility index (Phi) is 4.43. The van der Waals surface area contributed by atoms with E-state index in [4.69, 9.17) is 4.74 Å². The number of nitrogens with zero attached hydrogens (tertiary/aromatic N) is 1. The van der Waals surface area contributed by atoms with E-state index in [1.165, 1.54) is 0 Å². The van der Waals surface area contributed by atoms with Gasteiger partial charge in [0.25, 0.3) is 0 Å². The van der Waals surface area contributed by atoms with Gasteiger partial charge in [-0.05, 0) is 31.0 Å². The summed E-state index contributed by atoms with van der Waals surface area (Å²) in [5.74, 6) is 1.61. The smallest absolute Gasteiger partial charge is 0.143 e. The number of benzene rings is 1. The van der Waals surface area contributed by atoms with E-state index in [1.54, 1.807) is 17.6 Å². The van der Waals surface area contributed by atoms with E-state index in [2.05, 4.69) is 18.8 Å². The number of ether oxygens (including phenoxy) is 1. The molecule has 1 aromatic carbocycles. The summed E-state index contributed by atoms with van der Waals surface area (Å²) in [6, 6.07) is 5.78. The lowest BCUT2D eigenvalue weighted by Crippen LogP contribution is -1.91. The molecule has 0 spiro atoms. The van der Waals surface area contributed by atoms with Crippen LogP contribution in [0.2, 0.25) is 0 Å². The third-order valence-electron chi connectivity index (χ3n) is 2.65. The van der Waals surface area contributed by atoms with E-state index in [9.17, 15) is 5.11 Å². The van der Waals surface area contributed by atoms with Crippen molar-refractivity contribution in [1.82, 2.24) is 0 Å². The molecule has 0 atom stereocenters. The fraction of sp³-hybridized carbons (Fsp3) is 0.400. The van der Waals surface area contributed by atoms with Crippen LogP contribution in [0.4, 0.5) is 0 Å². The highest BCUT2D eigenvalue weighted by Gasteiger charge is 2.10. The molecule has 2 rings (SSSR count). The molecule has 2 aromatic rings. The number of rotatable bonds is 5. The largest absolute Gasteiger partial charge is 0.506 e. The van der Waals surface area contributed by atoms with Gasteiger partial charge in [-0.15, -0.1) is 11.3 Å². The minimum absolute atomic E-state index is 0.300. The van der Waals surface area contributed by atoms with E-state index in [1.807, 2.05) is 25.1 Å². The predicted octanol–water partition coefficient (Wildman–Crippen LogP) is 4.08. The molecule has 0 saturated heterocycles. The molecule has 19 heavy (non-hydrogen) atoms. The van der Waals surface area contributed by atoms with Gasteiger partial charge in [-0.2, -0.15) is 0 Å². The summed E-state index contributed by atoms with van der Waals surface area (Å²) in [6.07, 6.45) is 1.76. The summed E-state index contributed by atoms with van der Waals surface area (Å²) in [7, 11) is 0. The lowest BCUT2D eigenvalue weighted by molar-refractivity contribution is 0.340. The van der Waals surface area contributed by atoms with E-state index < -0.39 is 0 Å². The Hall–Kier alpha value is -1.55. The Balaban J connectivity index is 2.31. The number of aromatic hydroxyl groups is 1. The molecule has 0 aliphatic rings. The van der Waals surface area contributed by atoms with Gasteiger partial charge >= 0.3 is 0 Å². The first-order valence-electron chi connectivity index (χ1n) is 6.50. The number of fused-ring (bicyclic) bond motifs is 1. The molecule has 1 heterocycles. The quantitative estimate of drug-likeness (QED) is 0.837. The highest BCUT2D eigenvalue weighted by atomic mass is 32.1. The maximum Gasteiger partial charge on any atom is 0.143 e. The third-order valence-corrected chi connectivity index (χ3v) is 3.74. The molecule has 3 nitrogen and oxygen atoms in total. The van der Waals surface area contributed by atoms with Crippen molar-refractivity contribution in [2.45, 2.75) is 20.8 Å². The van der Waals surface area contributed by atoms with Gasteiger partial charge in [0.15, 0.2) is 0 Å². The second-order valence-corrected chi connectivity index (χ2v) is 5.88. The Bertz CT molecular complexity index is 587. The Morgan fingerprint density at radius 3 is 2.89 bits per heavy atom. The summed E-state index contributed by atoms with van der Waals surface area (Å²) < 4.78 is 6.50. The first kappa shape index (κ1) is 13.9. The van der Waals surface area contributed by atoms with Gasteiger partial charge in [-0.25, -0.2) is 0 Å². The highest BCUT2D eigenvalue weighted by molar-refractivity contribution is 7.21. The molecule has 0 amide bonds. The number of thiophene rings is 1. The molecule has 102 valence electrons. The molecule has 0 aliphatic heterocycles. The van der Waals surface area contributed by atoms with Gasteiger partial charge in [0, 0.05) is 22.8 Å². The van der Waals surface area contributed by atoms with Gasteiger partial charge < -0.3 is 9.84 Å². The van der Waals surface area contributed by atoms with Crippen LogP contribution in [0.3, 0.4) is 0 Å². The van der Waals surface area contributed by atoms with Crippen molar-refractivity contribution in [2.75, 3.05) is 13.2 Å². The van der Waals surface area contributed by atoms with Crippen LogP contribution in [0.15, 0.2) is 23.2 Å². The molecule has 0 saturated carbocycles. The normalized spacial score (nSPS) is 11.8. The van der Waals surface area contributed by atoms with Crippen molar-refractivity contribution < 1.29 is 9.84 Å². The highest BCUT2D eigenvalue weighted by Crippen LogP contribution is 2.37. The maximum absolute atomic E-state index is 10.2. The van der Waals surface area contributed by atoms with Crippen molar-refractivity contribution >= 4 is 27.6 Å². The molecular formula is C15H19NO2S. The van der Waals surface area contributed by atoms with Crippen LogP contribution < -0.4 is 4.74 Å². The van der Waals surface area contributed by atoms with Crippen LogP contribution in [0, 0.1) is 5.92 Å². The number of hydrogen-bond acceptors (Lipinski definition) is 4. The monoisotopic (exact) mass is 277 g/mol. The lowest BCUT2D eigenvalue weighted by atomic mass is 10.2. The summed E-state index contributed by atoms with van der Waals surface area (Å²) in [6.45, 7) is 7.59. The maximum atomic E-state index is 10.2. The summed E-state index contributed by atoms with van der Waals surface area (Å²) in [4.78, 5) is 5.16. The van der Waals surface area contributed by atoms with Crippen molar-refractivity contribution in [3.63, 3.8) is 0 Å². The average molecular weight is 277 g/mol. The van der Waals surface area contributed by atoms with Crippen LogP contribution in [-0.4, -0.2) is 24.5 Å². The summed E-state index contributed by atoms with van der Waals surface area (Å²) in [5, 5.41) is 11.0. The zero-order valence-corrected chi connectivity index (χ0v) is 12.3. The lowest BCUT2D eigenvalue weighted by Gasteiger charge is -2.01. The van der Waals surface area contributed by atoms with Crippen LogP contribution in [-0.2, 0) is 0 Å². The molecule has 0 bridgehead atoms. The molecule has 4 heteroatoms. The van der Waals surface area contributed by atoms with Gasteiger partial charge in [-0.3, -0.25) is 4.99 Å². The first-order valence-corrected chi connectivity index (χ1v) is 7.31. The molecule has 1 N–H and O–H groups in total. The molecule has 1 aromatic heterocycles. The SMILES string of the molecule is CCOc1ccc2sc(C=NCC(C)C)c(O)c2c1. The van der Waals surface area contributed by atoms with Crippen molar-refractivity contribution in [1.29, 1.82) is 0 Å². The topological polar surface area (TPSA) is 41.8 Å². The van der Waals surface area contributed by atoms with Gasteiger partial charge in [0.2, 0.25) is 0 Å².